The molecule has 1 aliphatic heterocycles. The van der Waals surface area contributed by atoms with Crippen molar-refractivity contribution in [1.82, 2.24) is 5.01 Å². The number of amides is 1. The molecular weight excluding hydrogens is 365 g/mol. The molecule has 126 valence electrons. The second-order valence-electron chi connectivity index (χ2n) is 5.14. The van der Waals surface area contributed by atoms with Crippen molar-refractivity contribution in [2.75, 3.05) is 0 Å². The Balaban J connectivity index is 2.03. The molecule has 1 atom stereocenters. The molecule has 0 saturated heterocycles. The van der Waals surface area contributed by atoms with Gasteiger partial charge < -0.3 is 5.11 Å². The molecule has 0 aliphatic carbocycles. The van der Waals surface area contributed by atoms with Gasteiger partial charge in [-0.1, -0.05) is 29.8 Å². The van der Waals surface area contributed by atoms with Crippen LogP contribution in [0.3, 0.4) is 0 Å². The highest BCUT2D eigenvalue weighted by atomic mass is 35.5. The van der Waals surface area contributed by atoms with E-state index in [4.69, 9.17) is 11.6 Å². The smallest absolute Gasteiger partial charge is 0.362 e. The standard InChI is InChI=1S/C15H10ClF3N2O2S/c16-10-5-3-9(4-6-10)11-8-14(23,15(17,18)19)21(20-11)13(22)12-2-1-7-24-12/h1-7,23H,8H2/t14-/m0/s1. The summed E-state index contributed by atoms with van der Waals surface area (Å²) in [6.45, 7) is 0. The number of carbonyl (C=O) groups is 1. The zero-order valence-corrected chi connectivity index (χ0v) is 13.5. The Morgan fingerprint density at radius 1 is 1.29 bits per heavy atom. The van der Waals surface area contributed by atoms with Crippen molar-refractivity contribution < 1.29 is 23.1 Å². The maximum Gasteiger partial charge on any atom is 0.438 e. The third-order valence-electron chi connectivity index (χ3n) is 3.54. The summed E-state index contributed by atoms with van der Waals surface area (Å²) in [5.74, 6) is -1.01. The normalized spacial score (nSPS) is 21.0. The van der Waals surface area contributed by atoms with Crippen molar-refractivity contribution in [3.63, 3.8) is 0 Å². The summed E-state index contributed by atoms with van der Waals surface area (Å²) in [5, 5.41) is 16.0. The maximum absolute atomic E-state index is 13.4. The van der Waals surface area contributed by atoms with Crippen LogP contribution in [0.25, 0.3) is 0 Å². The molecule has 3 rings (SSSR count). The number of nitrogens with zero attached hydrogens (tertiary/aromatic N) is 2. The number of hydrogen-bond donors (Lipinski definition) is 1. The second kappa shape index (κ2) is 5.87. The second-order valence-corrected chi connectivity index (χ2v) is 6.52. The maximum atomic E-state index is 13.4. The van der Waals surface area contributed by atoms with Crippen molar-refractivity contribution in [3.05, 3.63) is 57.2 Å². The van der Waals surface area contributed by atoms with Gasteiger partial charge in [0.1, 0.15) is 0 Å². The Hall–Kier alpha value is -1.90. The third kappa shape index (κ3) is 2.81. The molecule has 0 saturated carbocycles. The van der Waals surface area contributed by atoms with E-state index in [0.717, 1.165) is 11.3 Å². The summed E-state index contributed by atoms with van der Waals surface area (Å²) >= 11 is 6.73. The van der Waals surface area contributed by atoms with Gasteiger partial charge in [0.25, 0.3) is 11.6 Å². The first-order chi connectivity index (χ1) is 11.2. The number of carbonyl (C=O) groups excluding carboxylic acids is 1. The van der Waals surface area contributed by atoms with E-state index in [2.05, 4.69) is 5.10 Å². The molecule has 1 aliphatic rings. The van der Waals surface area contributed by atoms with Gasteiger partial charge in [0.15, 0.2) is 0 Å². The van der Waals surface area contributed by atoms with Crippen molar-refractivity contribution in [1.29, 1.82) is 0 Å². The average Bonchev–Trinajstić information content (AvgIpc) is 3.15. The lowest BCUT2D eigenvalue weighted by Crippen LogP contribution is -2.56. The molecule has 4 nitrogen and oxygen atoms in total. The first kappa shape index (κ1) is 16.9. The lowest BCUT2D eigenvalue weighted by Gasteiger charge is -2.32. The molecule has 0 bridgehead atoms. The Morgan fingerprint density at radius 2 is 1.96 bits per heavy atom. The number of hydrogen-bond acceptors (Lipinski definition) is 4. The fraction of sp³-hybridized carbons (Fsp3) is 0.200. The van der Waals surface area contributed by atoms with Crippen LogP contribution in [-0.4, -0.2) is 33.6 Å². The van der Waals surface area contributed by atoms with Gasteiger partial charge in [-0.2, -0.15) is 23.3 Å². The fourth-order valence-electron chi connectivity index (χ4n) is 2.29. The number of benzene rings is 1. The van der Waals surface area contributed by atoms with Crippen LogP contribution in [0.4, 0.5) is 13.2 Å². The summed E-state index contributed by atoms with van der Waals surface area (Å²) in [7, 11) is 0. The fourth-order valence-corrected chi connectivity index (χ4v) is 3.06. The molecule has 2 heterocycles. The highest BCUT2D eigenvalue weighted by Crippen LogP contribution is 2.42. The Kier molecular flexibility index (Phi) is 4.15. The Labute approximate surface area is 143 Å². The Bertz CT molecular complexity index is 790. The van der Waals surface area contributed by atoms with Gasteiger partial charge in [0, 0.05) is 5.02 Å². The lowest BCUT2D eigenvalue weighted by atomic mass is 10.0. The molecule has 1 amide bonds. The number of hydrazone groups is 1. The third-order valence-corrected chi connectivity index (χ3v) is 4.65. The quantitative estimate of drug-likeness (QED) is 0.866. The minimum Gasteiger partial charge on any atom is -0.362 e. The molecule has 1 aromatic heterocycles. The molecule has 1 N–H and O–H groups in total. The van der Waals surface area contributed by atoms with E-state index in [1.807, 2.05) is 0 Å². The van der Waals surface area contributed by atoms with E-state index in [-0.39, 0.29) is 15.6 Å². The van der Waals surface area contributed by atoms with Crippen LogP contribution in [-0.2, 0) is 0 Å². The van der Waals surface area contributed by atoms with Crippen molar-refractivity contribution in [3.8, 4) is 0 Å². The van der Waals surface area contributed by atoms with E-state index in [0.29, 0.717) is 10.6 Å². The van der Waals surface area contributed by atoms with Gasteiger partial charge in [-0.15, -0.1) is 11.3 Å². The van der Waals surface area contributed by atoms with E-state index < -0.39 is 24.2 Å². The van der Waals surface area contributed by atoms with Gasteiger partial charge in [-0.25, -0.2) is 0 Å². The predicted octanol–water partition coefficient (Wildman–Crippen LogP) is 3.90. The number of alkyl halides is 3. The van der Waals surface area contributed by atoms with Crippen LogP contribution >= 0.6 is 22.9 Å². The average molecular weight is 375 g/mol. The molecule has 1 aromatic carbocycles. The monoisotopic (exact) mass is 374 g/mol. The minimum atomic E-state index is -5.06. The summed E-state index contributed by atoms with van der Waals surface area (Å²) < 4.78 is 40.2. The first-order valence-corrected chi connectivity index (χ1v) is 7.99. The highest BCUT2D eigenvalue weighted by molar-refractivity contribution is 7.12. The van der Waals surface area contributed by atoms with Crippen molar-refractivity contribution >= 4 is 34.6 Å². The highest BCUT2D eigenvalue weighted by Gasteiger charge is 2.63. The van der Waals surface area contributed by atoms with Gasteiger partial charge >= 0.3 is 6.18 Å². The van der Waals surface area contributed by atoms with Gasteiger partial charge in [0.2, 0.25) is 0 Å². The molecule has 9 heteroatoms. The van der Waals surface area contributed by atoms with Crippen LogP contribution in [0.5, 0.6) is 0 Å². The molecular formula is C15H10ClF3N2O2S. The number of rotatable bonds is 2. The van der Waals surface area contributed by atoms with Crippen LogP contribution < -0.4 is 0 Å². The molecule has 0 unspecified atom stereocenters. The first-order valence-electron chi connectivity index (χ1n) is 6.73. The topological polar surface area (TPSA) is 52.9 Å². The van der Waals surface area contributed by atoms with E-state index in [1.165, 1.54) is 36.4 Å². The van der Waals surface area contributed by atoms with E-state index >= 15 is 0 Å². The van der Waals surface area contributed by atoms with Gasteiger partial charge in [-0.3, -0.25) is 4.79 Å². The molecule has 2 aromatic rings. The van der Waals surface area contributed by atoms with Crippen LogP contribution in [0.1, 0.15) is 21.7 Å². The van der Waals surface area contributed by atoms with Crippen LogP contribution in [0.15, 0.2) is 46.9 Å². The van der Waals surface area contributed by atoms with Crippen molar-refractivity contribution in [2.45, 2.75) is 18.3 Å². The summed E-state index contributed by atoms with van der Waals surface area (Å²) in [6.07, 6.45) is -5.91. The predicted molar refractivity (Wildman–Crippen MR) is 84.1 cm³/mol. The summed E-state index contributed by atoms with van der Waals surface area (Å²) in [5.41, 5.74) is -3.08. The van der Waals surface area contributed by atoms with E-state index in [9.17, 15) is 23.1 Å². The van der Waals surface area contributed by atoms with Crippen molar-refractivity contribution in [2.24, 2.45) is 5.10 Å². The van der Waals surface area contributed by atoms with Crippen LogP contribution in [0.2, 0.25) is 5.02 Å². The zero-order valence-electron chi connectivity index (χ0n) is 11.9. The molecule has 0 radical (unpaired) electrons. The number of thiophene rings is 1. The molecule has 0 fully saturated rings. The zero-order chi connectivity index (χ0) is 17.5. The summed E-state index contributed by atoms with van der Waals surface area (Å²) in [4.78, 5) is 12.4. The minimum absolute atomic E-state index is 0.0450. The lowest BCUT2D eigenvalue weighted by molar-refractivity contribution is -0.297. The molecule has 0 spiro atoms. The largest absolute Gasteiger partial charge is 0.438 e. The number of halogens is 4. The van der Waals surface area contributed by atoms with Crippen LogP contribution in [0, 0.1) is 0 Å². The molecule has 24 heavy (non-hydrogen) atoms. The SMILES string of the molecule is O=C(c1cccs1)N1N=C(c2ccc(Cl)cc2)C[C@]1(O)C(F)(F)F. The van der Waals surface area contributed by atoms with Gasteiger partial charge in [0.05, 0.1) is 17.0 Å². The van der Waals surface area contributed by atoms with Gasteiger partial charge in [-0.05, 0) is 29.1 Å². The number of aliphatic hydroxyl groups is 1. The Morgan fingerprint density at radius 3 is 2.50 bits per heavy atom. The van der Waals surface area contributed by atoms with E-state index in [1.54, 1.807) is 5.38 Å². The summed E-state index contributed by atoms with van der Waals surface area (Å²) in [6, 6.07) is 8.86.